The third-order valence-electron chi connectivity index (χ3n) is 4.24. The Morgan fingerprint density at radius 2 is 2.26 bits per heavy atom. The lowest BCUT2D eigenvalue weighted by molar-refractivity contribution is -0.126. The van der Waals surface area contributed by atoms with Gasteiger partial charge in [0.15, 0.2) is 0 Å². The second kappa shape index (κ2) is 5.59. The Morgan fingerprint density at radius 1 is 1.47 bits per heavy atom. The minimum atomic E-state index is 0.107. The zero-order valence-electron chi connectivity index (χ0n) is 11.4. The van der Waals surface area contributed by atoms with E-state index in [4.69, 9.17) is 0 Å². The minimum absolute atomic E-state index is 0.107. The number of fused-ring (bicyclic) bond motifs is 1. The van der Waals surface area contributed by atoms with E-state index in [1.807, 2.05) is 6.92 Å². The average molecular weight is 279 g/mol. The van der Waals surface area contributed by atoms with Crippen LogP contribution < -0.4 is 10.6 Å². The van der Waals surface area contributed by atoms with Gasteiger partial charge in [-0.25, -0.2) is 4.98 Å². The second-order valence-corrected chi connectivity index (χ2v) is 6.78. The summed E-state index contributed by atoms with van der Waals surface area (Å²) in [7, 11) is 0. The van der Waals surface area contributed by atoms with Gasteiger partial charge in [-0.05, 0) is 44.7 Å². The molecular formula is C14H21N3OS. The van der Waals surface area contributed by atoms with Gasteiger partial charge >= 0.3 is 0 Å². The van der Waals surface area contributed by atoms with E-state index >= 15 is 0 Å². The number of aromatic nitrogens is 1. The smallest absolute Gasteiger partial charge is 0.223 e. The van der Waals surface area contributed by atoms with Crippen LogP contribution in [0.4, 0.5) is 0 Å². The Hall–Kier alpha value is -0.940. The predicted molar refractivity (Wildman–Crippen MR) is 76.1 cm³/mol. The Balaban J connectivity index is 1.53. The van der Waals surface area contributed by atoms with E-state index in [0.29, 0.717) is 12.5 Å². The van der Waals surface area contributed by atoms with E-state index in [9.17, 15) is 4.79 Å². The summed E-state index contributed by atoms with van der Waals surface area (Å²) in [5.41, 5.74) is 1.27. The fourth-order valence-electron chi connectivity index (χ4n) is 2.68. The Bertz CT molecular complexity index is 444. The van der Waals surface area contributed by atoms with Crippen LogP contribution in [0.1, 0.15) is 35.3 Å². The first-order valence-electron chi connectivity index (χ1n) is 7.20. The van der Waals surface area contributed by atoms with Crippen molar-refractivity contribution in [2.45, 2.75) is 39.2 Å². The number of carbonyl (C=O) groups excluding carboxylic acids is 1. The first kappa shape index (κ1) is 13.1. The van der Waals surface area contributed by atoms with Gasteiger partial charge in [-0.1, -0.05) is 6.92 Å². The molecule has 1 amide bonds. The SMILES string of the molecule is CC(C(=O)NCc1nc2c(s1)CCCC2)C1CNC1. The van der Waals surface area contributed by atoms with Crippen LogP contribution in [0.5, 0.6) is 0 Å². The highest BCUT2D eigenvalue weighted by Gasteiger charge is 2.28. The lowest BCUT2D eigenvalue weighted by Gasteiger charge is -2.31. The number of hydrogen-bond acceptors (Lipinski definition) is 4. The molecule has 0 bridgehead atoms. The van der Waals surface area contributed by atoms with E-state index in [1.54, 1.807) is 11.3 Å². The van der Waals surface area contributed by atoms with E-state index in [2.05, 4.69) is 15.6 Å². The first-order chi connectivity index (χ1) is 9.24. The monoisotopic (exact) mass is 279 g/mol. The van der Waals surface area contributed by atoms with Crippen molar-refractivity contribution in [1.29, 1.82) is 0 Å². The Kier molecular flexibility index (Phi) is 3.84. The third kappa shape index (κ3) is 2.82. The first-order valence-corrected chi connectivity index (χ1v) is 8.01. The number of aryl methyl sites for hydroxylation is 2. The number of carbonyl (C=O) groups is 1. The summed E-state index contributed by atoms with van der Waals surface area (Å²) in [5, 5.41) is 7.32. The van der Waals surface area contributed by atoms with Gasteiger partial charge in [0.25, 0.3) is 0 Å². The normalized spacial score (nSPS) is 20.5. The molecule has 0 spiro atoms. The number of nitrogens with one attached hydrogen (secondary N) is 2. The quantitative estimate of drug-likeness (QED) is 0.878. The van der Waals surface area contributed by atoms with Crippen molar-refractivity contribution in [3.63, 3.8) is 0 Å². The highest BCUT2D eigenvalue weighted by atomic mass is 32.1. The maximum Gasteiger partial charge on any atom is 0.223 e. The molecule has 1 unspecified atom stereocenters. The van der Waals surface area contributed by atoms with Crippen molar-refractivity contribution in [3.05, 3.63) is 15.6 Å². The number of nitrogens with zero attached hydrogens (tertiary/aromatic N) is 1. The molecule has 104 valence electrons. The summed E-state index contributed by atoms with van der Waals surface area (Å²) in [6.45, 7) is 4.56. The van der Waals surface area contributed by atoms with Crippen LogP contribution in [-0.2, 0) is 24.2 Å². The van der Waals surface area contributed by atoms with Crippen molar-refractivity contribution < 1.29 is 4.79 Å². The highest BCUT2D eigenvalue weighted by Crippen LogP contribution is 2.26. The average Bonchev–Trinajstić information content (AvgIpc) is 2.76. The molecule has 0 radical (unpaired) electrons. The van der Waals surface area contributed by atoms with E-state index < -0.39 is 0 Å². The molecule has 2 heterocycles. The maximum atomic E-state index is 12.0. The predicted octanol–water partition coefficient (Wildman–Crippen LogP) is 1.49. The van der Waals surface area contributed by atoms with Gasteiger partial charge in [-0.2, -0.15) is 0 Å². The maximum absolute atomic E-state index is 12.0. The molecule has 1 aromatic heterocycles. The fraction of sp³-hybridized carbons (Fsp3) is 0.714. The zero-order chi connectivity index (χ0) is 13.2. The van der Waals surface area contributed by atoms with Crippen LogP contribution in [-0.4, -0.2) is 24.0 Å². The molecule has 19 heavy (non-hydrogen) atoms. The molecule has 1 aliphatic carbocycles. The summed E-state index contributed by atoms with van der Waals surface area (Å²) in [4.78, 5) is 18.1. The molecule has 2 N–H and O–H groups in total. The zero-order valence-corrected chi connectivity index (χ0v) is 12.2. The minimum Gasteiger partial charge on any atom is -0.349 e. The number of hydrogen-bond donors (Lipinski definition) is 2. The van der Waals surface area contributed by atoms with Crippen LogP contribution >= 0.6 is 11.3 Å². The molecule has 4 nitrogen and oxygen atoms in total. The number of rotatable bonds is 4. The van der Waals surface area contributed by atoms with E-state index in [-0.39, 0.29) is 11.8 Å². The molecule has 5 heteroatoms. The van der Waals surface area contributed by atoms with E-state index in [1.165, 1.54) is 29.8 Å². The number of amides is 1. The third-order valence-corrected chi connectivity index (χ3v) is 5.39. The van der Waals surface area contributed by atoms with Crippen LogP contribution in [0.15, 0.2) is 0 Å². The van der Waals surface area contributed by atoms with Gasteiger partial charge in [-0.3, -0.25) is 4.79 Å². The molecule has 1 saturated heterocycles. The molecule has 0 aromatic carbocycles. The summed E-state index contributed by atoms with van der Waals surface area (Å²) < 4.78 is 0. The Morgan fingerprint density at radius 3 is 2.95 bits per heavy atom. The van der Waals surface area contributed by atoms with Crippen molar-refractivity contribution in [1.82, 2.24) is 15.6 Å². The fourth-order valence-corrected chi connectivity index (χ4v) is 3.78. The summed E-state index contributed by atoms with van der Waals surface area (Å²) >= 11 is 1.78. The van der Waals surface area contributed by atoms with Gasteiger partial charge in [0.2, 0.25) is 5.91 Å². The summed E-state index contributed by atoms with van der Waals surface area (Å²) in [5.74, 6) is 0.778. The van der Waals surface area contributed by atoms with Crippen LogP contribution in [0, 0.1) is 11.8 Å². The summed E-state index contributed by atoms with van der Waals surface area (Å²) in [6.07, 6.45) is 4.83. The van der Waals surface area contributed by atoms with Gasteiger partial charge in [-0.15, -0.1) is 11.3 Å². The van der Waals surface area contributed by atoms with E-state index in [0.717, 1.165) is 24.5 Å². The second-order valence-electron chi connectivity index (χ2n) is 5.61. The van der Waals surface area contributed by atoms with Crippen molar-refractivity contribution in [3.8, 4) is 0 Å². The van der Waals surface area contributed by atoms with Gasteiger partial charge in [0.05, 0.1) is 12.2 Å². The molecule has 1 aliphatic heterocycles. The highest BCUT2D eigenvalue weighted by molar-refractivity contribution is 7.11. The lowest BCUT2D eigenvalue weighted by atomic mass is 9.88. The molecule has 1 aromatic rings. The molecule has 3 rings (SSSR count). The van der Waals surface area contributed by atoms with Gasteiger partial charge in [0.1, 0.15) is 5.01 Å². The topological polar surface area (TPSA) is 54.0 Å². The van der Waals surface area contributed by atoms with Crippen LogP contribution in [0.2, 0.25) is 0 Å². The van der Waals surface area contributed by atoms with Gasteiger partial charge in [0, 0.05) is 10.8 Å². The molecule has 1 atom stereocenters. The number of thiazole rings is 1. The molecular weight excluding hydrogens is 258 g/mol. The molecule has 2 aliphatic rings. The van der Waals surface area contributed by atoms with Gasteiger partial charge < -0.3 is 10.6 Å². The lowest BCUT2D eigenvalue weighted by Crippen LogP contribution is -2.49. The van der Waals surface area contributed by atoms with Crippen molar-refractivity contribution >= 4 is 17.2 Å². The molecule has 1 fully saturated rings. The van der Waals surface area contributed by atoms with Crippen molar-refractivity contribution in [2.24, 2.45) is 11.8 Å². The largest absolute Gasteiger partial charge is 0.349 e. The Labute approximate surface area is 118 Å². The van der Waals surface area contributed by atoms with Crippen molar-refractivity contribution in [2.75, 3.05) is 13.1 Å². The molecule has 0 saturated carbocycles. The summed E-state index contributed by atoms with van der Waals surface area (Å²) in [6, 6.07) is 0. The van der Waals surface area contributed by atoms with Crippen LogP contribution in [0.3, 0.4) is 0 Å². The standard InChI is InChI=1S/C14H21N3OS/c1-9(10-6-15-7-10)14(18)16-8-13-17-11-4-2-3-5-12(11)19-13/h9-10,15H,2-8H2,1H3,(H,16,18). The van der Waals surface area contributed by atoms with Crippen LogP contribution in [0.25, 0.3) is 0 Å².